The fraction of sp³-hybridized carbons (Fsp3) is 0.133. The maximum absolute atomic E-state index is 12.2. The van der Waals surface area contributed by atoms with Gasteiger partial charge in [0.05, 0.1) is 16.8 Å². The number of nitrogens with one attached hydrogen (secondary N) is 1. The van der Waals surface area contributed by atoms with Gasteiger partial charge in [0, 0.05) is 10.8 Å². The highest BCUT2D eigenvalue weighted by Crippen LogP contribution is 2.27. The fourth-order valence-corrected chi connectivity index (χ4v) is 4.74. The number of hydrogen-bond acceptors (Lipinski definition) is 4. The quantitative estimate of drug-likeness (QED) is 0.748. The van der Waals surface area contributed by atoms with Gasteiger partial charge in [-0.25, -0.2) is 13.4 Å². The SMILES string of the molecule is Cc1ccc(CS(=O)(=O)Sc2nc3ccccc3[nH]2)cc1. The van der Waals surface area contributed by atoms with E-state index >= 15 is 0 Å². The van der Waals surface area contributed by atoms with Gasteiger partial charge in [0.25, 0.3) is 0 Å². The first-order chi connectivity index (χ1) is 10.0. The van der Waals surface area contributed by atoms with E-state index < -0.39 is 8.87 Å². The third-order valence-corrected chi connectivity index (χ3v) is 5.92. The molecular formula is C15H14N2O2S2. The van der Waals surface area contributed by atoms with Crippen LogP contribution in [0, 0.1) is 6.92 Å². The highest BCUT2D eigenvalue weighted by molar-refractivity contribution is 8.71. The smallest absolute Gasteiger partial charge is 0.213 e. The van der Waals surface area contributed by atoms with Gasteiger partial charge in [0.1, 0.15) is 0 Å². The second-order valence-corrected chi connectivity index (χ2v) is 8.81. The molecule has 0 spiro atoms. The second-order valence-electron chi connectivity index (χ2n) is 4.83. The maximum atomic E-state index is 12.2. The Morgan fingerprint density at radius 1 is 1.10 bits per heavy atom. The Morgan fingerprint density at radius 2 is 1.81 bits per heavy atom. The van der Waals surface area contributed by atoms with Crippen LogP contribution in [0.1, 0.15) is 11.1 Å². The van der Waals surface area contributed by atoms with E-state index in [9.17, 15) is 8.42 Å². The molecule has 3 aromatic rings. The van der Waals surface area contributed by atoms with Crippen molar-refractivity contribution in [3.8, 4) is 0 Å². The lowest BCUT2D eigenvalue weighted by Gasteiger charge is -2.02. The number of aromatic nitrogens is 2. The van der Waals surface area contributed by atoms with Crippen LogP contribution in [0.2, 0.25) is 0 Å². The van der Waals surface area contributed by atoms with Gasteiger partial charge in [-0.2, -0.15) is 0 Å². The molecule has 1 N–H and O–H groups in total. The first-order valence-electron chi connectivity index (χ1n) is 6.44. The van der Waals surface area contributed by atoms with Crippen molar-refractivity contribution in [1.82, 2.24) is 9.97 Å². The molecule has 0 unspecified atom stereocenters. The van der Waals surface area contributed by atoms with Crippen LogP contribution in [0.5, 0.6) is 0 Å². The first-order valence-corrected chi connectivity index (χ1v) is 9.43. The van der Waals surface area contributed by atoms with Gasteiger partial charge in [0.15, 0.2) is 5.16 Å². The molecule has 3 rings (SSSR count). The molecule has 1 aromatic heterocycles. The molecule has 0 saturated heterocycles. The zero-order chi connectivity index (χ0) is 14.9. The molecule has 21 heavy (non-hydrogen) atoms. The molecule has 4 nitrogen and oxygen atoms in total. The number of aryl methyl sites for hydroxylation is 1. The highest BCUT2D eigenvalue weighted by Gasteiger charge is 2.17. The molecule has 0 fully saturated rings. The van der Waals surface area contributed by atoms with Crippen LogP contribution in [-0.4, -0.2) is 18.4 Å². The number of aromatic amines is 1. The van der Waals surface area contributed by atoms with Gasteiger partial charge in [0.2, 0.25) is 8.87 Å². The van der Waals surface area contributed by atoms with E-state index in [2.05, 4.69) is 9.97 Å². The van der Waals surface area contributed by atoms with E-state index in [1.54, 1.807) is 0 Å². The molecule has 6 heteroatoms. The minimum Gasteiger partial charge on any atom is -0.332 e. The first kappa shape index (κ1) is 14.2. The van der Waals surface area contributed by atoms with Crippen molar-refractivity contribution >= 4 is 30.7 Å². The predicted molar refractivity (Wildman–Crippen MR) is 85.8 cm³/mol. The largest absolute Gasteiger partial charge is 0.332 e. The van der Waals surface area contributed by atoms with Gasteiger partial charge in [-0.3, -0.25) is 0 Å². The number of rotatable bonds is 4. The third-order valence-electron chi connectivity index (χ3n) is 3.04. The molecule has 0 aliphatic carbocycles. The summed E-state index contributed by atoms with van der Waals surface area (Å²) < 4.78 is 24.5. The van der Waals surface area contributed by atoms with Crippen molar-refractivity contribution in [2.24, 2.45) is 0 Å². The summed E-state index contributed by atoms with van der Waals surface area (Å²) in [6.07, 6.45) is 0. The van der Waals surface area contributed by atoms with E-state index in [4.69, 9.17) is 0 Å². The molecule has 108 valence electrons. The topological polar surface area (TPSA) is 62.8 Å². The average Bonchev–Trinajstić information content (AvgIpc) is 2.82. The number of imidazole rings is 1. The van der Waals surface area contributed by atoms with E-state index in [1.165, 1.54) is 0 Å². The van der Waals surface area contributed by atoms with Crippen molar-refractivity contribution in [2.45, 2.75) is 17.8 Å². The standard InChI is InChI=1S/C15H14N2O2S2/c1-11-6-8-12(9-7-11)10-21(18,19)20-15-16-13-4-2-3-5-14(13)17-15/h2-9H,10H2,1H3,(H,16,17). The molecule has 0 amide bonds. The van der Waals surface area contributed by atoms with E-state index in [-0.39, 0.29) is 5.75 Å². The Morgan fingerprint density at radius 3 is 2.52 bits per heavy atom. The Kier molecular flexibility index (Phi) is 3.73. The van der Waals surface area contributed by atoms with Gasteiger partial charge >= 0.3 is 0 Å². The second kappa shape index (κ2) is 5.54. The van der Waals surface area contributed by atoms with Crippen LogP contribution in [0.15, 0.2) is 53.7 Å². The lowest BCUT2D eigenvalue weighted by atomic mass is 10.2. The fourth-order valence-electron chi connectivity index (χ4n) is 2.01. The monoisotopic (exact) mass is 318 g/mol. The zero-order valence-electron chi connectivity index (χ0n) is 11.4. The summed E-state index contributed by atoms with van der Waals surface area (Å²) >= 11 is 0. The average molecular weight is 318 g/mol. The Bertz CT molecular complexity index is 835. The summed E-state index contributed by atoms with van der Waals surface area (Å²) in [5, 5.41) is 0.406. The van der Waals surface area contributed by atoms with E-state index in [0.29, 0.717) is 5.16 Å². The number of benzene rings is 2. The van der Waals surface area contributed by atoms with Crippen molar-refractivity contribution in [3.63, 3.8) is 0 Å². The summed E-state index contributed by atoms with van der Waals surface area (Å²) in [6, 6.07) is 15.0. The van der Waals surface area contributed by atoms with Crippen LogP contribution >= 0.6 is 10.8 Å². The predicted octanol–water partition coefficient (Wildman–Crippen LogP) is 3.49. The van der Waals surface area contributed by atoms with Crippen molar-refractivity contribution in [2.75, 3.05) is 0 Å². The summed E-state index contributed by atoms with van der Waals surface area (Å²) in [4.78, 5) is 7.30. The summed E-state index contributed by atoms with van der Waals surface area (Å²) in [5.41, 5.74) is 3.50. The van der Waals surface area contributed by atoms with Gasteiger partial charge in [-0.15, -0.1) is 0 Å². The van der Waals surface area contributed by atoms with Crippen molar-refractivity contribution in [1.29, 1.82) is 0 Å². The lowest BCUT2D eigenvalue weighted by Crippen LogP contribution is -1.99. The number of para-hydroxylation sites is 2. The third kappa shape index (κ3) is 3.46. The molecule has 0 aliphatic rings. The minimum atomic E-state index is -3.33. The molecule has 1 heterocycles. The molecule has 0 aliphatic heterocycles. The highest BCUT2D eigenvalue weighted by atomic mass is 33.1. The molecular weight excluding hydrogens is 304 g/mol. The van der Waals surface area contributed by atoms with Crippen LogP contribution in [0.4, 0.5) is 0 Å². The minimum absolute atomic E-state index is 0.00497. The van der Waals surface area contributed by atoms with Crippen LogP contribution in [-0.2, 0) is 14.6 Å². The molecule has 0 radical (unpaired) electrons. The molecule has 0 atom stereocenters. The maximum Gasteiger partial charge on any atom is 0.213 e. The summed E-state index contributed by atoms with van der Waals surface area (Å²) in [7, 11) is -2.55. The molecule has 0 bridgehead atoms. The van der Waals surface area contributed by atoms with Crippen molar-refractivity contribution in [3.05, 3.63) is 59.7 Å². The Balaban J connectivity index is 1.80. The normalized spacial score (nSPS) is 11.9. The molecule has 2 aromatic carbocycles. The van der Waals surface area contributed by atoms with E-state index in [0.717, 1.165) is 33.0 Å². The number of fused-ring (bicyclic) bond motifs is 1. The summed E-state index contributed by atoms with van der Waals surface area (Å²) in [6.45, 7) is 1.97. The van der Waals surface area contributed by atoms with Gasteiger partial charge in [-0.05, 0) is 24.6 Å². The summed E-state index contributed by atoms with van der Waals surface area (Å²) in [5.74, 6) is -0.00497. The van der Waals surface area contributed by atoms with Crippen LogP contribution in [0.25, 0.3) is 11.0 Å². The molecule has 0 saturated carbocycles. The zero-order valence-corrected chi connectivity index (χ0v) is 13.0. The number of H-pyrrole nitrogens is 1. The number of hydrogen-bond donors (Lipinski definition) is 1. The Labute approximate surface area is 126 Å². The van der Waals surface area contributed by atoms with E-state index in [1.807, 2.05) is 55.5 Å². The Hall–Kier alpha value is -1.79. The lowest BCUT2D eigenvalue weighted by molar-refractivity contribution is 0.609. The van der Waals surface area contributed by atoms with Crippen LogP contribution < -0.4 is 0 Å². The van der Waals surface area contributed by atoms with Crippen LogP contribution in [0.3, 0.4) is 0 Å². The van der Waals surface area contributed by atoms with Crippen molar-refractivity contribution < 1.29 is 8.42 Å². The van der Waals surface area contributed by atoms with Gasteiger partial charge in [-0.1, -0.05) is 42.0 Å². The van der Waals surface area contributed by atoms with Gasteiger partial charge < -0.3 is 4.98 Å². The number of nitrogens with zero attached hydrogens (tertiary/aromatic N) is 1.